The van der Waals surface area contributed by atoms with Crippen molar-refractivity contribution in [1.82, 2.24) is 15.5 Å². The average molecular weight is 375 g/mol. The number of imide groups is 1. The first-order chi connectivity index (χ1) is 12.1. The molecular weight excluding hydrogens is 358 g/mol. The molecule has 1 spiro atoms. The molecule has 4 rings (SSSR count). The van der Waals surface area contributed by atoms with Crippen molar-refractivity contribution in [3.63, 3.8) is 0 Å². The topological polar surface area (TPSA) is 78.5 Å². The fraction of sp³-hybridized carbons (Fsp3) is 0.353. The van der Waals surface area contributed by atoms with E-state index < -0.39 is 11.6 Å². The molecule has 3 heterocycles. The van der Waals surface area contributed by atoms with Gasteiger partial charge in [0.1, 0.15) is 12.1 Å². The van der Waals surface area contributed by atoms with Gasteiger partial charge in [0.05, 0.1) is 6.54 Å². The number of fused-ring (bicyclic) bond motifs is 2. The maximum absolute atomic E-state index is 13.0. The Kier molecular flexibility index (Phi) is 4.09. The molecule has 4 amide bonds. The van der Waals surface area contributed by atoms with Gasteiger partial charge in [0, 0.05) is 15.3 Å². The molecule has 1 atom stereocenters. The van der Waals surface area contributed by atoms with Gasteiger partial charge in [-0.05, 0) is 42.2 Å². The molecule has 0 unspecified atom stereocenters. The number of rotatable bonds is 4. The predicted octanol–water partition coefficient (Wildman–Crippen LogP) is 2.21. The van der Waals surface area contributed by atoms with Crippen LogP contribution < -0.4 is 10.6 Å². The Bertz CT molecular complexity index is 830. The summed E-state index contributed by atoms with van der Waals surface area (Å²) in [5.74, 6) is -0.654. The molecule has 6 nitrogen and oxygen atoms in total. The van der Waals surface area contributed by atoms with Crippen LogP contribution in [0.5, 0.6) is 0 Å². The highest BCUT2D eigenvalue weighted by Gasteiger charge is 2.54. The zero-order valence-corrected chi connectivity index (χ0v) is 15.0. The van der Waals surface area contributed by atoms with Crippen LogP contribution in [-0.2, 0) is 28.1 Å². The Balaban J connectivity index is 1.48. The first-order valence-electron chi connectivity index (χ1n) is 8.10. The van der Waals surface area contributed by atoms with E-state index in [9.17, 15) is 14.4 Å². The van der Waals surface area contributed by atoms with Gasteiger partial charge in [0.25, 0.3) is 5.91 Å². The number of amides is 4. The average Bonchev–Trinajstić information content (AvgIpc) is 3.32. The van der Waals surface area contributed by atoms with Crippen LogP contribution in [0.4, 0.5) is 4.79 Å². The standard InChI is InChI=1S/C17H17N3O3S2/c21-14(18-9-11-3-2-7-24-11)10-20-15(22)17(19-16(20)23)6-1-4-13-12(17)5-8-25-13/h2-3,5,7-8H,1,4,6,9-10H2,(H,18,21)(H,19,23)/t17-/m1/s1. The highest BCUT2D eigenvalue weighted by atomic mass is 32.1. The number of nitrogens with one attached hydrogen (secondary N) is 2. The zero-order chi connectivity index (χ0) is 17.4. The first kappa shape index (κ1) is 16.3. The summed E-state index contributed by atoms with van der Waals surface area (Å²) in [5, 5.41) is 9.50. The summed E-state index contributed by atoms with van der Waals surface area (Å²) in [6.45, 7) is 0.150. The second kappa shape index (κ2) is 6.27. The summed E-state index contributed by atoms with van der Waals surface area (Å²) in [7, 11) is 0. The Morgan fingerprint density at radius 3 is 2.96 bits per heavy atom. The third kappa shape index (κ3) is 2.75. The lowest BCUT2D eigenvalue weighted by Crippen LogP contribution is -2.46. The Morgan fingerprint density at radius 1 is 1.28 bits per heavy atom. The monoisotopic (exact) mass is 375 g/mol. The number of thiophene rings is 2. The van der Waals surface area contributed by atoms with Crippen molar-refractivity contribution >= 4 is 40.5 Å². The van der Waals surface area contributed by atoms with Crippen molar-refractivity contribution in [1.29, 1.82) is 0 Å². The Labute approximate surface area is 152 Å². The Morgan fingerprint density at radius 2 is 2.16 bits per heavy atom. The van der Waals surface area contributed by atoms with Crippen molar-refractivity contribution in [3.8, 4) is 0 Å². The minimum atomic E-state index is -0.987. The summed E-state index contributed by atoms with van der Waals surface area (Å²) < 4.78 is 0. The number of urea groups is 1. The number of carbonyl (C=O) groups excluding carboxylic acids is 3. The van der Waals surface area contributed by atoms with Gasteiger partial charge < -0.3 is 10.6 Å². The maximum Gasteiger partial charge on any atom is 0.325 e. The molecule has 1 aliphatic carbocycles. The smallest absolute Gasteiger partial charge is 0.325 e. The van der Waals surface area contributed by atoms with Crippen LogP contribution in [0.1, 0.15) is 28.2 Å². The molecule has 2 aromatic rings. The SMILES string of the molecule is O=C(CN1C(=O)N[C@@]2(CCCc3sccc32)C1=O)NCc1cccs1. The second-order valence-electron chi connectivity index (χ2n) is 6.19. The first-order valence-corrected chi connectivity index (χ1v) is 9.86. The summed E-state index contributed by atoms with van der Waals surface area (Å²) in [4.78, 5) is 40.7. The van der Waals surface area contributed by atoms with E-state index in [1.165, 1.54) is 0 Å². The van der Waals surface area contributed by atoms with Crippen LogP contribution in [0.25, 0.3) is 0 Å². The van der Waals surface area contributed by atoms with Gasteiger partial charge in [-0.25, -0.2) is 4.79 Å². The van der Waals surface area contributed by atoms with E-state index in [0.29, 0.717) is 13.0 Å². The number of hydrogen-bond donors (Lipinski definition) is 2. The van der Waals surface area contributed by atoms with Crippen LogP contribution in [0.2, 0.25) is 0 Å². The van der Waals surface area contributed by atoms with Crippen molar-refractivity contribution in [2.75, 3.05) is 6.54 Å². The van der Waals surface area contributed by atoms with Gasteiger partial charge in [0.15, 0.2) is 0 Å². The van der Waals surface area contributed by atoms with Crippen molar-refractivity contribution in [2.45, 2.75) is 31.3 Å². The molecule has 25 heavy (non-hydrogen) atoms. The van der Waals surface area contributed by atoms with E-state index in [-0.39, 0.29) is 18.4 Å². The van der Waals surface area contributed by atoms with Crippen LogP contribution in [-0.4, -0.2) is 29.3 Å². The predicted molar refractivity (Wildman–Crippen MR) is 95.3 cm³/mol. The molecule has 1 aliphatic heterocycles. The maximum atomic E-state index is 13.0. The lowest BCUT2D eigenvalue weighted by Gasteiger charge is -2.31. The van der Waals surface area contributed by atoms with E-state index in [1.807, 2.05) is 29.0 Å². The largest absolute Gasteiger partial charge is 0.350 e. The Hall–Kier alpha value is -2.19. The molecular formula is C17H17N3O3S2. The van der Waals surface area contributed by atoms with Gasteiger partial charge in [-0.3, -0.25) is 14.5 Å². The fourth-order valence-corrected chi connectivity index (χ4v) is 5.13. The van der Waals surface area contributed by atoms with Crippen LogP contribution >= 0.6 is 22.7 Å². The van der Waals surface area contributed by atoms with Gasteiger partial charge in [-0.1, -0.05) is 6.07 Å². The number of hydrogen-bond acceptors (Lipinski definition) is 5. The van der Waals surface area contributed by atoms with Gasteiger partial charge in [-0.2, -0.15) is 0 Å². The number of nitrogens with zero attached hydrogens (tertiary/aromatic N) is 1. The van der Waals surface area contributed by atoms with E-state index >= 15 is 0 Å². The lowest BCUT2D eigenvalue weighted by atomic mass is 9.80. The molecule has 0 radical (unpaired) electrons. The minimum absolute atomic E-state index is 0.253. The number of carbonyl (C=O) groups is 3. The normalized spacial score (nSPS) is 22.2. The molecule has 0 bridgehead atoms. The van der Waals surface area contributed by atoms with E-state index in [4.69, 9.17) is 0 Å². The van der Waals surface area contributed by atoms with Crippen LogP contribution in [0, 0.1) is 0 Å². The summed E-state index contributed by atoms with van der Waals surface area (Å²) in [6.07, 6.45) is 2.35. The van der Waals surface area contributed by atoms with Crippen molar-refractivity contribution < 1.29 is 14.4 Å². The molecule has 8 heteroatoms. The van der Waals surface area contributed by atoms with Gasteiger partial charge >= 0.3 is 6.03 Å². The molecule has 130 valence electrons. The van der Waals surface area contributed by atoms with E-state index in [0.717, 1.165) is 33.1 Å². The third-order valence-electron chi connectivity index (χ3n) is 4.68. The quantitative estimate of drug-likeness (QED) is 0.804. The fourth-order valence-electron chi connectivity index (χ4n) is 3.48. The zero-order valence-electron chi connectivity index (χ0n) is 13.4. The summed E-state index contributed by atoms with van der Waals surface area (Å²) in [5.41, 5.74) is -0.0952. The molecule has 1 fully saturated rings. The summed E-state index contributed by atoms with van der Waals surface area (Å²) >= 11 is 3.16. The molecule has 2 N–H and O–H groups in total. The highest BCUT2D eigenvalue weighted by Crippen LogP contribution is 2.41. The van der Waals surface area contributed by atoms with Crippen LogP contribution in [0.15, 0.2) is 29.0 Å². The molecule has 2 aliphatic rings. The van der Waals surface area contributed by atoms with Gasteiger partial charge in [-0.15, -0.1) is 22.7 Å². The summed E-state index contributed by atoms with van der Waals surface area (Å²) in [6, 6.07) is 5.26. The van der Waals surface area contributed by atoms with Gasteiger partial charge in [0.2, 0.25) is 5.91 Å². The molecule has 1 saturated heterocycles. The minimum Gasteiger partial charge on any atom is -0.350 e. The van der Waals surface area contributed by atoms with Crippen molar-refractivity contribution in [2.24, 2.45) is 0 Å². The lowest BCUT2D eigenvalue weighted by molar-refractivity contribution is -0.135. The second-order valence-corrected chi connectivity index (χ2v) is 8.23. The third-order valence-corrected chi connectivity index (χ3v) is 6.54. The molecule has 2 aromatic heterocycles. The van der Waals surface area contributed by atoms with Crippen molar-refractivity contribution in [3.05, 3.63) is 44.3 Å². The molecule has 0 saturated carbocycles. The van der Waals surface area contributed by atoms with E-state index in [2.05, 4.69) is 10.6 Å². The molecule has 0 aromatic carbocycles. The number of aryl methyl sites for hydroxylation is 1. The van der Waals surface area contributed by atoms with E-state index in [1.54, 1.807) is 22.7 Å². The highest BCUT2D eigenvalue weighted by molar-refractivity contribution is 7.10. The van der Waals surface area contributed by atoms with Crippen LogP contribution in [0.3, 0.4) is 0 Å².